The summed E-state index contributed by atoms with van der Waals surface area (Å²) in [6.45, 7) is 0.0675. The minimum atomic E-state index is -4.14. The van der Waals surface area contributed by atoms with Gasteiger partial charge < -0.3 is 10.6 Å². The van der Waals surface area contributed by atoms with Gasteiger partial charge in [0.25, 0.3) is 0 Å². The van der Waals surface area contributed by atoms with Crippen LogP contribution in [0, 0.1) is 0 Å². The van der Waals surface area contributed by atoms with Gasteiger partial charge in [-0.05, 0) is 19.3 Å². The summed E-state index contributed by atoms with van der Waals surface area (Å²) in [6, 6.07) is -0.162. The first kappa shape index (κ1) is 14.1. The van der Waals surface area contributed by atoms with Crippen molar-refractivity contribution in [1.29, 1.82) is 0 Å². The molecule has 1 aliphatic carbocycles. The predicted molar refractivity (Wildman–Crippen MR) is 58.7 cm³/mol. The molecule has 1 saturated carbocycles. The summed E-state index contributed by atoms with van der Waals surface area (Å²) >= 11 is 0. The van der Waals surface area contributed by atoms with Crippen LogP contribution in [-0.4, -0.2) is 24.8 Å². The van der Waals surface area contributed by atoms with Crippen molar-refractivity contribution in [2.45, 2.75) is 57.2 Å². The number of hydrogen-bond donors (Lipinski definition) is 2. The standard InChI is InChI=1S/C11H19F3N2O/c12-11(13,14)7-4-8-15-10(17)16-9-5-2-1-3-6-9/h9H,1-8H2,(H2,15,16,17). The van der Waals surface area contributed by atoms with E-state index in [1.807, 2.05) is 0 Å². The summed E-state index contributed by atoms with van der Waals surface area (Å²) < 4.78 is 35.5. The lowest BCUT2D eigenvalue weighted by Crippen LogP contribution is -2.43. The van der Waals surface area contributed by atoms with Crippen molar-refractivity contribution in [3.63, 3.8) is 0 Å². The van der Waals surface area contributed by atoms with Crippen molar-refractivity contribution in [1.82, 2.24) is 10.6 Å². The topological polar surface area (TPSA) is 41.1 Å². The lowest BCUT2D eigenvalue weighted by atomic mass is 9.96. The normalized spacial score (nSPS) is 17.8. The fourth-order valence-corrected chi connectivity index (χ4v) is 1.97. The maximum Gasteiger partial charge on any atom is 0.389 e. The van der Waals surface area contributed by atoms with E-state index in [0.717, 1.165) is 25.7 Å². The van der Waals surface area contributed by atoms with Gasteiger partial charge >= 0.3 is 12.2 Å². The van der Waals surface area contributed by atoms with Crippen LogP contribution in [0.3, 0.4) is 0 Å². The molecule has 0 atom stereocenters. The van der Waals surface area contributed by atoms with Gasteiger partial charge in [-0.1, -0.05) is 19.3 Å². The molecule has 0 aliphatic heterocycles. The molecule has 0 aromatic carbocycles. The highest BCUT2D eigenvalue weighted by atomic mass is 19.4. The first-order chi connectivity index (χ1) is 7.97. The van der Waals surface area contributed by atoms with Crippen molar-refractivity contribution in [3.05, 3.63) is 0 Å². The maximum absolute atomic E-state index is 11.8. The Kier molecular flexibility index (Phi) is 5.58. The number of nitrogens with one attached hydrogen (secondary N) is 2. The van der Waals surface area contributed by atoms with Crippen LogP contribution in [0.15, 0.2) is 0 Å². The van der Waals surface area contributed by atoms with Crippen molar-refractivity contribution in [3.8, 4) is 0 Å². The van der Waals surface area contributed by atoms with Gasteiger partial charge in [-0.15, -0.1) is 0 Å². The lowest BCUT2D eigenvalue weighted by molar-refractivity contribution is -0.135. The molecule has 1 fully saturated rings. The van der Waals surface area contributed by atoms with Gasteiger partial charge in [0.05, 0.1) is 0 Å². The van der Waals surface area contributed by atoms with E-state index in [0.29, 0.717) is 0 Å². The molecule has 2 N–H and O–H groups in total. The number of rotatable bonds is 4. The monoisotopic (exact) mass is 252 g/mol. The van der Waals surface area contributed by atoms with E-state index in [9.17, 15) is 18.0 Å². The Hall–Kier alpha value is -0.940. The van der Waals surface area contributed by atoms with Crippen LogP contribution >= 0.6 is 0 Å². The van der Waals surface area contributed by atoms with E-state index in [2.05, 4.69) is 10.6 Å². The summed E-state index contributed by atoms with van der Waals surface area (Å²) in [5.41, 5.74) is 0. The van der Waals surface area contributed by atoms with Gasteiger partial charge in [0.2, 0.25) is 0 Å². The molecular formula is C11H19F3N2O. The molecule has 1 aliphatic rings. The highest BCUT2D eigenvalue weighted by Gasteiger charge is 2.26. The van der Waals surface area contributed by atoms with Gasteiger partial charge in [0, 0.05) is 19.0 Å². The van der Waals surface area contributed by atoms with E-state index in [-0.39, 0.29) is 25.0 Å². The largest absolute Gasteiger partial charge is 0.389 e. The smallest absolute Gasteiger partial charge is 0.338 e. The Balaban J connectivity index is 2.04. The highest BCUT2D eigenvalue weighted by Crippen LogP contribution is 2.20. The second-order valence-corrected chi connectivity index (χ2v) is 4.45. The Morgan fingerprint density at radius 2 is 1.82 bits per heavy atom. The summed E-state index contributed by atoms with van der Waals surface area (Å²) in [5.74, 6) is 0. The Morgan fingerprint density at radius 3 is 2.41 bits per heavy atom. The minimum absolute atomic E-state index is 0.0675. The van der Waals surface area contributed by atoms with Crippen LogP contribution in [0.4, 0.5) is 18.0 Å². The molecule has 0 heterocycles. The van der Waals surface area contributed by atoms with Crippen LogP contribution in [0.2, 0.25) is 0 Å². The predicted octanol–water partition coefficient (Wildman–Crippen LogP) is 2.96. The molecule has 0 bridgehead atoms. The average Bonchev–Trinajstić information content (AvgIpc) is 2.25. The molecule has 0 aromatic heterocycles. The van der Waals surface area contributed by atoms with Crippen LogP contribution < -0.4 is 10.6 Å². The molecule has 0 saturated heterocycles. The molecule has 0 radical (unpaired) electrons. The van der Waals surface area contributed by atoms with Crippen molar-refractivity contribution >= 4 is 6.03 Å². The number of hydrogen-bond acceptors (Lipinski definition) is 1. The number of amides is 2. The number of urea groups is 1. The van der Waals surface area contributed by atoms with Gasteiger partial charge in [-0.3, -0.25) is 0 Å². The van der Waals surface area contributed by atoms with E-state index < -0.39 is 12.6 Å². The first-order valence-corrected chi connectivity index (χ1v) is 6.08. The Bertz CT molecular complexity index is 237. The molecule has 0 aromatic rings. The summed E-state index contributed by atoms with van der Waals surface area (Å²) in [6.07, 6.45) is 0.301. The van der Waals surface area contributed by atoms with Crippen LogP contribution in [0.1, 0.15) is 44.9 Å². The zero-order valence-electron chi connectivity index (χ0n) is 9.78. The molecule has 0 unspecified atom stereocenters. The second-order valence-electron chi connectivity index (χ2n) is 4.45. The molecule has 17 heavy (non-hydrogen) atoms. The fraction of sp³-hybridized carbons (Fsp3) is 0.909. The number of alkyl halides is 3. The highest BCUT2D eigenvalue weighted by molar-refractivity contribution is 5.74. The van der Waals surface area contributed by atoms with Crippen molar-refractivity contribution < 1.29 is 18.0 Å². The van der Waals surface area contributed by atoms with Gasteiger partial charge in [-0.2, -0.15) is 13.2 Å². The molecular weight excluding hydrogens is 233 g/mol. The summed E-state index contributed by atoms with van der Waals surface area (Å²) in [5, 5.41) is 5.24. The van der Waals surface area contributed by atoms with Gasteiger partial charge in [0.15, 0.2) is 0 Å². The van der Waals surface area contributed by atoms with Crippen LogP contribution in [0.25, 0.3) is 0 Å². The number of halogens is 3. The zero-order chi connectivity index (χ0) is 12.7. The lowest BCUT2D eigenvalue weighted by Gasteiger charge is -2.22. The third-order valence-electron chi connectivity index (χ3n) is 2.86. The van der Waals surface area contributed by atoms with E-state index in [1.165, 1.54) is 6.42 Å². The molecule has 2 amide bonds. The van der Waals surface area contributed by atoms with Crippen LogP contribution in [0.5, 0.6) is 0 Å². The maximum atomic E-state index is 11.8. The Labute approximate surface area is 99.1 Å². The van der Waals surface area contributed by atoms with E-state index >= 15 is 0 Å². The van der Waals surface area contributed by atoms with Gasteiger partial charge in [0.1, 0.15) is 0 Å². The number of carbonyl (C=O) groups is 1. The first-order valence-electron chi connectivity index (χ1n) is 6.08. The third-order valence-corrected chi connectivity index (χ3v) is 2.86. The molecule has 6 heteroatoms. The molecule has 100 valence electrons. The van der Waals surface area contributed by atoms with E-state index in [1.54, 1.807) is 0 Å². The zero-order valence-corrected chi connectivity index (χ0v) is 9.78. The fourth-order valence-electron chi connectivity index (χ4n) is 1.97. The van der Waals surface area contributed by atoms with Crippen LogP contribution in [-0.2, 0) is 0 Å². The van der Waals surface area contributed by atoms with E-state index in [4.69, 9.17) is 0 Å². The summed E-state index contributed by atoms with van der Waals surface area (Å²) in [7, 11) is 0. The number of carbonyl (C=O) groups excluding carboxylic acids is 1. The van der Waals surface area contributed by atoms with Crippen molar-refractivity contribution in [2.24, 2.45) is 0 Å². The second kappa shape index (κ2) is 6.71. The minimum Gasteiger partial charge on any atom is -0.338 e. The molecule has 1 rings (SSSR count). The molecule has 0 spiro atoms. The van der Waals surface area contributed by atoms with Gasteiger partial charge in [-0.25, -0.2) is 4.79 Å². The average molecular weight is 252 g/mol. The van der Waals surface area contributed by atoms with Crippen molar-refractivity contribution in [2.75, 3.05) is 6.54 Å². The summed E-state index contributed by atoms with van der Waals surface area (Å²) in [4.78, 5) is 11.3. The molecule has 3 nitrogen and oxygen atoms in total. The quantitative estimate of drug-likeness (QED) is 0.742. The Morgan fingerprint density at radius 1 is 1.18 bits per heavy atom. The SMILES string of the molecule is O=C(NCCCC(F)(F)F)NC1CCCCC1. The third kappa shape index (κ3) is 7.07.